The molecular formula is C72H108N14O20. The molecule has 2 aliphatic rings. The summed E-state index contributed by atoms with van der Waals surface area (Å²) in [6, 6.07) is 6.23. The van der Waals surface area contributed by atoms with Gasteiger partial charge >= 0.3 is 18.1 Å². The smallest absolute Gasteiger partial charge is 0.411 e. The Hall–Kier alpha value is -10.1. The van der Waals surface area contributed by atoms with Crippen LogP contribution < -0.4 is 53.6 Å². The van der Waals surface area contributed by atoms with Crippen molar-refractivity contribution in [1.29, 1.82) is 0 Å². The van der Waals surface area contributed by atoms with Gasteiger partial charge in [-0.1, -0.05) is 111 Å². The van der Waals surface area contributed by atoms with Crippen LogP contribution >= 0.6 is 0 Å². The maximum Gasteiger partial charge on any atom is 0.411 e. The highest BCUT2D eigenvalue weighted by Gasteiger charge is 2.45. The molecule has 4 rings (SSSR count). The number of primary amides is 1. The number of aliphatic carboxylic acids is 1. The van der Waals surface area contributed by atoms with Gasteiger partial charge < -0.3 is 87.8 Å². The van der Waals surface area contributed by atoms with E-state index in [4.69, 9.17) is 19.9 Å². The van der Waals surface area contributed by atoms with E-state index in [1.807, 2.05) is 19.9 Å². The van der Waals surface area contributed by atoms with Crippen LogP contribution in [0, 0.1) is 29.6 Å². The molecule has 34 nitrogen and oxygen atoms in total. The van der Waals surface area contributed by atoms with Crippen molar-refractivity contribution in [2.24, 2.45) is 35.3 Å². The lowest BCUT2D eigenvalue weighted by molar-refractivity contribution is -0.149. The fourth-order valence-corrected chi connectivity index (χ4v) is 12.5. The third-order valence-electron chi connectivity index (χ3n) is 18.7. The van der Waals surface area contributed by atoms with Crippen LogP contribution in [0.25, 0.3) is 0 Å². The number of likely N-dealkylation sites (N-methyl/N-ethyl adjacent to an activating group) is 2. The summed E-state index contributed by atoms with van der Waals surface area (Å²) in [6.45, 7) is 15.6. The summed E-state index contributed by atoms with van der Waals surface area (Å²) in [5.41, 5.74) is 5.87. The number of likely N-dealkylation sites (tertiary alicyclic amines) is 1. The Bertz CT molecular complexity index is 3410. The van der Waals surface area contributed by atoms with Gasteiger partial charge in [-0.25, -0.2) is 14.4 Å². The van der Waals surface area contributed by atoms with E-state index in [0.29, 0.717) is 31.4 Å². The number of carboxylic acid groups (broad SMARTS) is 1. The maximum atomic E-state index is 14.9. The lowest BCUT2D eigenvalue weighted by atomic mass is 9.89. The van der Waals surface area contributed by atoms with Crippen molar-refractivity contribution in [2.45, 2.75) is 181 Å². The molecule has 2 aromatic carbocycles. The minimum atomic E-state index is -1.97. The fraction of sp³-hybridized carbons (Fsp3) is 0.597. The summed E-state index contributed by atoms with van der Waals surface area (Å²) >= 11 is 0. The second kappa shape index (κ2) is 42.8. The molecule has 0 aliphatic carbocycles. The van der Waals surface area contributed by atoms with Crippen LogP contribution in [0.4, 0.5) is 15.3 Å². The summed E-state index contributed by atoms with van der Waals surface area (Å²) in [7, 11) is 5.75. The van der Waals surface area contributed by atoms with Gasteiger partial charge in [0.15, 0.2) is 0 Å². The number of urea groups is 1. The Morgan fingerprint density at radius 3 is 1.77 bits per heavy atom. The third kappa shape index (κ3) is 26.2. The number of rotatable bonds is 42. The topological polar surface area (TPSA) is 471 Å². The van der Waals surface area contributed by atoms with E-state index in [-0.39, 0.29) is 67.8 Å². The van der Waals surface area contributed by atoms with Crippen LogP contribution in [-0.4, -0.2) is 241 Å². The number of amides is 15. The highest BCUT2D eigenvalue weighted by atomic mass is 16.6. The average Bonchev–Trinajstić information content (AvgIpc) is 1.53. The maximum absolute atomic E-state index is 14.9. The van der Waals surface area contributed by atoms with Gasteiger partial charge in [-0.2, -0.15) is 0 Å². The largest absolute Gasteiger partial charge is 0.478 e. The number of nitrogens with two attached hydrogens (primary N) is 1. The number of nitrogens with one attached hydrogen (secondary N) is 9. The lowest BCUT2D eigenvalue weighted by Crippen LogP contribution is -2.60. The van der Waals surface area contributed by atoms with Crippen LogP contribution in [0.5, 0.6) is 0 Å². The number of aliphatic hydroxyl groups excluding tert-OH is 1. The third-order valence-corrected chi connectivity index (χ3v) is 18.7. The molecule has 1 unspecified atom stereocenters. The molecule has 0 radical (unpaired) electrons. The number of aliphatic hydroxyl groups is 1. The second-order valence-electron chi connectivity index (χ2n) is 27.5. The lowest BCUT2D eigenvalue weighted by Gasteiger charge is -2.41. The molecular weight excluding hydrogens is 1380 g/mol. The van der Waals surface area contributed by atoms with Crippen molar-refractivity contribution in [2.75, 3.05) is 72.9 Å². The monoisotopic (exact) mass is 1490 g/mol. The first-order valence-electron chi connectivity index (χ1n) is 35.5. The number of methoxy groups -OCH3 is 2. The number of anilines is 1. The molecule has 1 saturated heterocycles. The Labute approximate surface area is 617 Å². The van der Waals surface area contributed by atoms with Gasteiger partial charge in [0.2, 0.25) is 65.2 Å². The predicted molar refractivity (Wildman–Crippen MR) is 385 cm³/mol. The molecule has 0 bridgehead atoms. The second-order valence-corrected chi connectivity index (χ2v) is 27.5. The van der Waals surface area contributed by atoms with E-state index < -0.39 is 187 Å². The summed E-state index contributed by atoms with van der Waals surface area (Å²) in [5, 5.41) is 44.1. The summed E-state index contributed by atoms with van der Waals surface area (Å²) in [6.07, 6.45) is -2.27. The average molecular weight is 1490 g/mol. The molecule has 2 aliphatic heterocycles. The van der Waals surface area contributed by atoms with E-state index in [9.17, 15) is 82.1 Å². The van der Waals surface area contributed by atoms with Crippen molar-refractivity contribution >= 4 is 94.7 Å². The molecule has 0 saturated carbocycles. The number of hydrogen-bond acceptors (Lipinski definition) is 19. The van der Waals surface area contributed by atoms with Gasteiger partial charge in [0.1, 0.15) is 24.2 Å². The molecule has 1 fully saturated rings. The predicted octanol–water partition coefficient (Wildman–Crippen LogP) is 0.881. The van der Waals surface area contributed by atoms with Gasteiger partial charge in [-0.3, -0.25) is 67.3 Å². The molecule has 2 heterocycles. The van der Waals surface area contributed by atoms with Gasteiger partial charge in [-0.05, 0) is 74.0 Å². The van der Waals surface area contributed by atoms with E-state index in [1.165, 1.54) is 50.4 Å². The van der Waals surface area contributed by atoms with Gasteiger partial charge in [0.25, 0.3) is 11.8 Å². The van der Waals surface area contributed by atoms with Crippen LogP contribution in [-0.2, 0) is 76.5 Å². The van der Waals surface area contributed by atoms with Crippen molar-refractivity contribution in [3.63, 3.8) is 0 Å². The van der Waals surface area contributed by atoms with Crippen molar-refractivity contribution in [1.82, 2.24) is 62.1 Å². The molecule has 13 atom stereocenters. The van der Waals surface area contributed by atoms with Crippen LogP contribution in [0.3, 0.4) is 0 Å². The number of nitrogens with zero attached hydrogens (tertiary/aromatic N) is 4. The number of carbonyl (C=O) groups is 15. The number of carbonyl (C=O) groups excluding carboxylic acids is 14. The molecule has 34 heteroatoms. The minimum absolute atomic E-state index is 0.00952. The van der Waals surface area contributed by atoms with Crippen molar-refractivity contribution in [3.05, 3.63) is 77.9 Å². The fourth-order valence-electron chi connectivity index (χ4n) is 12.5. The van der Waals surface area contributed by atoms with Crippen molar-refractivity contribution in [3.8, 4) is 0 Å². The number of ether oxygens (including phenoxy) is 3. The first-order chi connectivity index (χ1) is 50.0. The Morgan fingerprint density at radius 2 is 1.24 bits per heavy atom. The van der Waals surface area contributed by atoms with E-state index >= 15 is 0 Å². The summed E-state index contributed by atoms with van der Waals surface area (Å²) < 4.78 is 17.6. The van der Waals surface area contributed by atoms with Gasteiger partial charge in [0, 0.05) is 77.8 Å². The molecule has 586 valence electrons. The molecule has 2 aromatic rings. The highest BCUT2D eigenvalue weighted by molar-refractivity contribution is 6.13. The molecule has 0 spiro atoms. The van der Waals surface area contributed by atoms with Crippen molar-refractivity contribution < 1.29 is 96.3 Å². The summed E-state index contributed by atoms with van der Waals surface area (Å²) in [5.74, 6) is -12.1. The number of benzene rings is 2. The molecule has 13 N–H and O–H groups in total. The normalized spacial score (nSPS) is 16.8. The summed E-state index contributed by atoms with van der Waals surface area (Å²) in [4.78, 5) is 202. The van der Waals surface area contributed by atoms with Crippen LogP contribution in [0.15, 0.2) is 66.7 Å². The first kappa shape index (κ1) is 88.3. The van der Waals surface area contributed by atoms with E-state index in [0.717, 1.165) is 22.0 Å². The minimum Gasteiger partial charge on any atom is -0.478 e. The highest BCUT2D eigenvalue weighted by Crippen LogP contribution is 2.31. The zero-order valence-corrected chi connectivity index (χ0v) is 62.9. The first-order valence-corrected chi connectivity index (χ1v) is 35.5. The molecule has 15 amide bonds. The standard InChI is InChI=1S/C72H108N14O20/c1-15-42(8)61(50(104-13)35-57(93)85-33-20-24-49(85)63(105-14)43(9)65(95)78-44(10)62(94)45-21-17-16-18-22-45)83(11)69(99)59(40(4)5)82-68(98)60(41(6)7)84(12)72(103)106-64(70(100)101)46-25-27-47(28-26-46)79-66(96)48(23-19-32-74-71(73)102)80-67(97)58(39(2)3)81-54(90)38-77-53(89)37-76-52(88)36-75-51(87)31-34-86-55(91)29-30-56(86)92/h16-18,21-22,25-30,39-44,48-50,58-64,94H,15,19-20,23-24,31-38H2,1-14H3,(H,75,87)(H,76,88)(H,77,89)(H,78,95)(H,79,96)(H,80,97)(H,81,90)(H,82,98)(H,100,101)(H3,73,74,102)/t42-,43+,44+,48-,49-,50+,58-,59-,60-,61-,62+,63+,64?/m0/s1. The zero-order chi connectivity index (χ0) is 79.4. The SMILES string of the molecule is CC[C@H](C)[C@@H]([C@@H](CC(=O)N1CCC[C@H]1[C@H](OC)[C@@H](C)C(=O)N[C@H](C)[C@@H](O)c1ccccc1)OC)N(C)C(=O)[C@@H](NC(=O)[C@H](C(C)C)N(C)C(=O)OC(C(=O)O)c1ccc(NC(=O)[C@H](CCCNC(N)=O)NC(=O)[C@@H](NC(=O)CNC(=O)CNC(=O)CNC(=O)CCN2C(=O)C=CC2=O)C(C)C)cc1)C(C)C. The number of hydrogen-bond donors (Lipinski definition) is 12. The Kier molecular flexibility index (Phi) is 35.6. The molecule has 106 heavy (non-hydrogen) atoms. The Morgan fingerprint density at radius 1 is 0.651 bits per heavy atom. The van der Waals surface area contributed by atoms with E-state index in [1.54, 1.807) is 91.6 Å². The quantitative estimate of drug-likeness (QED) is 0.0324. The van der Waals surface area contributed by atoms with Crippen LogP contribution in [0.1, 0.15) is 138 Å². The van der Waals surface area contributed by atoms with Crippen LogP contribution in [0.2, 0.25) is 0 Å². The van der Waals surface area contributed by atoms with Gasteiger partial charge in [-0.15, -0.1) is 0 Å². The van der Waals surface area contributed by atoms with Gasteiger partial charge in [0.05, 0.1) is 68.4 Å². The number of carboxylic acids is 1. The van der Waals surface area contributed by atoms with E-state index in [2.05, 4.69) is 47.9 Å². The zero-order valence-electron chi connectivity index (χ0n) is 62.9. The molecule has 0 aromatic heterocycles. The number of imide groups is 1. The Balaban J connectivity index is 1.40.